The van der Waals surface area contributed by atoms with Crippen LogP contribution in [0.5, 0.6) is 5.75 Å². The van der Waals surface area contributed by atoms with Crippen LogP contribution in [-0.4, -0.2) is 54.8 Å². The Morgan fingerprint density at radius 3 is 2.31 bits per heavy atom. The molecular weight excluding hydrogens is 682 g/mol. The number of benzene rings is 3. The fourth-order valence-corrected chi connectivity index (χ4v) is 6.28. The minimum absolute atomic E-state index is 0.0175. The molecule has 3 aromatic carbocycles. The van der Waals surface area contributed by atoms with Crippen molar-refractivity contribution in [3.05, 3.63) is 101 Å². The summed E-state index contributed by atoms with van der Waals surface area (Å²) < 4.78 is 96.4. The first-order valence-electron chi connectivity index (χ1n) is 15.7. The van der Waals surface area contributed by atoms with Gasteiger partial charge in [0.15, 0.2) is 5.82 Å². The van der Waals surface area contributed by atoms with Crippen molar-refractivity contribution in [1.29, 1.82) is 0 Å². The van der Waals surface area contributed by atoms with Gasteiger partial charge in [0.1, 0.15) is 28.4 Å². The standard InChI is InChI=1S/C36H30F6N4O5/c1-43-32(48)29-25-16-24(21(10-11-36(40,41)42)15-28(25)51-30(29)19-4-7-22(37)8-5-19)20-6-9-27(49-2)26(14-20)31(47)46-35(33-44-12-3-13-45-33)17-23(18-35)50-34(38)39/h3-9,12-16,23,34H,10-11,17-18H2,1-2H3,(H,43,48)(H,46,47). The predicted octanol–water partition coefficient (Wildman–Crippen LogP) is 7.59. The van der Waals surface area contributed by atoms with Crippen molar-refractivity contribution < 1.29 is 49.8 Å². The summed E-state index contributed by atoms with van der Waals surface area (Å²) >= 11 is 0. The fourth-order valence-electron chi connectivity index (χ4n) is 6.28. The number of hydrogen-bond donors (Lipinski definition) is 2. The molecule has 6 rings (SSSR count). The van der Waals surface area contributed by atoms with Gasteiger partial charge in [0, 0.05) is 49.7 Å². The molecule has 1 saturated carbocycles. The topological polar surface area (TPSA) is 116 Å². The highest BCUT2D eigenvalue weighted by molar-refractivity contribution is 6.12. The van der Waals surface area contributed by atoms with E-state index in [-0.39, 0.29) is 63.4 Å². The third-order valence-electron chi connectivity index (χ3n) is 8.70. The van der Waals surface area contributed by atoms with Crippen LogP contribution in [0.3, 0.4) is 0 Å². The maximum absolute atomic E-state index is 14.0. The third kappa shape index (κ3) is 7.38. The maximum Gasteiger partial charge on any atom is 0.389 e. The summed E-state index contributed by atoms with van der Waals surface area (Å²) in [4.78, 5) is 35.6. The number of carbonyl (C=O) groups is 2. The lowest BCUT2D eigenvalue weighted by molar-refractivity contribution is -0.198. The molecule has 2 amide bonds. The Balaban J connectivity index is 1.46. The molecule has 0 unspecified atom stereocenters. The number of carbonyl (C=O) groups excluding carboxylic acids is 2. The van der Waals surface area contributed by atoms with Gasteiger partial charge in [-0.25, -0.2) is 14.4 Å². The fraction of sp³-hybridized carbons (Fsp3) is 0.278. The van der Waals surface area contributed by atoms with E-state index in [9.17, 15) is 35.9 Å². The van der Waals surface area contributed by atoms with E-state index in [1.807, 2.05) is 0 Å². The molecule has 2 heterocycles. The number of methoxy groups -OCH3 is 1. The molecule has 0 bridgehead atoms. The first-order chi connectivity index (χ1) is 24.3. The zero-order valence-electron chi connectivity index (χ0n) is 27.1. The number of aryl methyl sites for hydroxylation is 1. The molecule has 0 atom stereocenters. The minimum atomic E-state index is -4.50. The molecule has 0 saturated heterocycles. The average Bonchev–Trinajstić information content (AvgIpc) is 3.47. The number of furan rings is 1. The molecule has 266 valence electrons. The summed E-state index contributed by atoms with van der Waals surface area (Å²) in [6.07, 6.45) is -4.23. The smallest absolute Gasteiger partial charge is 0.389 e. The van der Waals surface area contributed by atoms with Gasteiger partial charge >= 0.3 is 12.8 Å². The normalized spacial score (nSPS) is 17.3. The SMILES string of the molecule is CNC(=O)c1c(-c2ccc(F)cc2)oc2cc(CCC(F)(F)F)c(-c3ccc(OC)c(C(=O)NC4(c5ncccn5)CC(OC(F)F)C4)c3)cc12. The highest BCUT2D eigenvalue weighted by Crippen LogP contribution is 2.44. The molecular formula is C36H30F6N4O5. The van der Waals surface area contributed by atoms with Crippen LogP contribution in [0.4, 0.5) is 26.3 Å². The van der Waals surface area contributed by atoms with Gasteiger partial charge in [-0.05, 0) is 77.7 Å². The van der Waals surface area contributed by atoms with Gasteiger partial charge in [-0.15, -0.1) is 0 Å². The van der Waals surface area contributed by atoms with Crippen molar-refractivity contribution in [1.82, 2.24) is 20.6 Å². The predicted molar refractivity (Wildman–Crippen MR) is 173 cm³/mol. The van der Waals surface area contributed by atoms with Gasteiger partial charge < -0.3 is 24.5 Å². The number of ether oxygens (including phenoxy) is 2. The lowest BCUT2D eigenvalue weighted by Crippen LogP contribution is -2.58. The molecule has 1 fully saturated rings. The molecule has 2 aromatic heterocycles. The van der Waals surface area contributed by atoms with Crippen LogP contribution in [0.2, 0.25) is 0 Å². The molecule has 0 radical (unpaired) electrons. The summed E-state index contributed by atoms with van der Waals surface area (Å²) in [7, 11) is 2.73. The van der Waals surface area contributed by atoms with Crippen LogP contribution in [0.1, 0.15) is 51.4 Å². The molecule has 0 aliphatic heterocycles. The molecule has 5 aromatic rings. The Morgan fingerprint density at radius 2 is 1.69 bits per heavy atom. The number of rotatable bonds is 11. The number of amides is 2. The molecule has 51 heavy (non-hydrogen) atoms. The van der Waals surface area contributed by atoms with Crippen LogP contribution < -0.4 is 15.4 Å². The molecule has 9 nitrogen and oxygen atoms in total. The first-order valence-corrected chi connectivity index (χ1v) is 15.7. The number of nitrogens with zero attached hydrogens (tertiary/aromatic N) is 2. The van der Waals surface area contributed by atoms with Gasteiger partial charge in [-0.2, -0.15) is 22.0 Å². The number of fused-ring (bicyclic) bond motifs is 1. The number of nitrogens with one attached hydrogen (secondary N) is 2. The van der Waals surface area contributed by atoms with E-state index < -0.39 is 54.9 Å². The molecule has 2 N–H and O–H groups in total. The summed E-state index contributed by atoms with van der Waals surface area (Å²) in [6.45, 7) is -3.02. The van der Waals surface area contributed by atoms with Crippen molar-refractivity contribution in [2.75, 3.05) is 14.2 Å². The van der Waals surface area contributed by atoms with Crippen molar-refractivity contribution in [2.24, 2.45) is 0 Å². The highest BCUT2D eigenvalue weighted by Gasteiger charge is 2.51. The van der Waals surface area contributed by atoms with Gasteiger partial charge in [0.2, 0.25) is 0 Å². The number of hydrogen-bond acceptors (Lipinski definition) is 7. The monoisotopic (exact) mass is 712 g/mol. The maximum atomic E-state index is 14.0. The van der Waals surface area contributed by atoms with Crippen LogP contribution >= 0.6 is 0 Å². The second kappa shape index (κ2) is 14.1. The van der Waals surface area contributed by atoms with E-state index in [4.69, 9.17) is 9.15 Å². The zero-order valence-corrected chi connectivity index (χ0v) is 27.1. The van der Waals surface area contributed by atoms with Gasteiger partial charge in [-0.3, -0.25) is 9.59 Å². The average molecular weight is 713 g/mol. The van der Waals surface area contributed by atoms with Crippen LogP contribution in [0, 0.1) is 5.82 Å². The van der Waals surface area contributed by atoms with Crippen LogP contribution in [0.15, 0.2) is 77.5 Å². The van der Waals surface area contributed by atoms with E-state index in [1.54, 1.807) is 12.1 Å². The number of halogens is 6. The van der Waals surface area contributed by atoms with Crippen molar-refractivity contribution in [3.63, 3.8) is 0 Å². The second-order valence-corrected chi connectivity index (χ2v) is 12.0. The first kappa shape index (κ1) is 35.4. The Kier molecular flexibility index (Phi) is 9.75. The molecule has 1 aliphatic rings. The lowest BCUT2D eigenvalue weighted by atomic mass is 9.73. The summed E-state index contributed by atoms with van der Waals surface area (Å²) in [5.41, 5.74) is 0.0726. The van der Waals surface area contributed by atoms with Gasteiger partial charge in [0.25, 0.3) is 11.8 Å². The quantitative estimate of drug-likeness (QED) is 0.136. The van der Waals surface area contributed by atoms with E-state index in [2.05, 4.69) is 25.3 Å². The summed E-state index contributed by atoms with van der Waals surface area (Å²) in [5.74, 6) is -1.39. The third-order valence-corrected chi connectivity index (χ3v) is 8.70. The largest absolute Gasteiger partial charge is 0.496 e. The van der Waals surface area contributed by atoms with Crippen LogP contribution in [0.25, 0.3) is 33.4 Å². The summed E-state index contributed by atoms with van der Waals surface area (Å²) in [5, 5.41) is 5.66. The van der Waals surface area contributed by atoms with E-state index in [1.165, 1.54) is 75.1 Å². The van der Waals surface area contributed by atoms with Crippen molar-refractivity contribution >= 4 is 22.8 Å². The molecule has 1 aliphatic carbocycles. The Bertz CT molecular complexity index is 2060. The lowest BCUT2D eigenvalue weighted by Gasteiger charge is -2.46. The Morgan fingerprint density at radius 1 is 1.00 bits per heavy atom. The van der Waals surface area contributed by atoms with E-state index in [0.717, 1.165) is 0 Å². The van der Waals surface area contributed by atoms with Crippen molar-refractivity contribution in [2.45, 2.75) is 50.1 Å². The van der Waals surface area contributed by atoms with Gasteiger partial charge in [-0.1, -0.05) is 6.07 Å². The summed E-state index contributed by atoms with van der Waals surface area (Å²) in [6, 6.07) is 14.1. The van der Waals surface area contributed by atoms with Gasteiger partial charge in [0.05, 0.1) is 24.3 Å². The van der Waals surface area contributed by atoms with E-state index >= 15 is 0 Å². The molecule has 0 spiro atoms. The second-order valence-electron chi connectivity index (χ2n) is 12.0. The minimum Gasteiger partial charge on any atom is -0.496 e. The van der Waals surface area contributed by atoms with Crippen LogP contribution in [-0.2, 0) is 16.7 Å². The van der Waals surface area contributed by atoms with Crippen molar-refractivity contribution in [3.8, 4) is 28.2 Å². The zero-order chi connectivity index (χ0) is 36.5. The highest BCUT2D eigenvalue weighted by atomic mass is 19.4. The number of aromatic nitrogens is 2. The Labute approximate surface area is 287 Å². The van der Waals surface area contributed by atoms with E-state index in [0.29, 0.717) is 11.1 Å². The number of alkyl halides is 5. The molecule has 15 heteroatoms. The Hall–Kier alpha value is -5.44.